The summed E-state index contributed by atoms with van der Waals surface area (Å²) in [4.78, 5) is 16.3. The normalized spacial score (nSPS) is 21.0. The van der Waals surface area contributed by atoms with E-state index in [1.165, 1.54) is 5.56 Å². The molecule has 1 fully saturated rings. The molecule has 0 saturated carbocycles. The first-order valence-corrected chi connectivity index (χ1v) is 7.36. The van der Waals surface area contributed by atoms with Crippen molar-refractivity contribution in [2.24, 2.45) is 5.73 Å². The zero-order valence-corrected chi connectivity index (χ0v) is 12.5. The zero-order valence-electron chi connectivity index (χ0n) is 12.5. The summed E-state index contributed by atoms with van der Waals surface area (Å²) in [6, 6.07) is 10.5. The second-order valence-corrected chi connectivity index (χ2v) is 5.77. The van der Waals surface area contributed by atoms with Crippen molar-refractivity contribution in [2.75, 3.05) is 20.1 Å². The van der Waals surface area contributed by atoms with Gasteiger partial charge in [-0.15, -0.1) is 0 Å². The summed E-state index contributed by atoms with van der Waals surface area (Å²) < 4.78 is 0. The van der Waals surface area contributed by atoms with Gasteiger partial charge in [0.2, 0.25) is 5.91 Å². The molecule has 20 heavy (non-hydrogen) atoms. The number of benzene rings is 1. The highest BCUT2D eigenvalue weighted by molar-refractivity contribution is 5.81. The molecule has 2 rings (SSSR count). The first kappa shape index (κ1) is 15.0. The van der Waals surface area contributed by atoms with Crippen LogP contribution < -0.4 is 5.73 Å². The monoisotopic (exact) mass is 275 g/mol. The number of rotatable bonds is 4. The number of likely N-dealkylation sites (tertiary alicyclic amines) is 1. The van der Waals surface area contributed by atoms with Crippen molar-refractivity contribution < 1.29 is 4.79 Å². The molecule has 2 N–H and O–H groups in total. The van der Waals surface area contributed by atoms with Crippen LogP contribution in [0.15, 0.2) is 30.3 Å². The van der Waals surface area contributed by atoms with Gasteiger partial charge in [0.25, 0.3) is 0 Å². The van der Waals surface area contributed by atoms with Crippen LogP contribution in [-0.2, 0) is 11.3 Å². The van der Waals surface area contributed by atoms with Crippen LogP contribution in [0.3, 0.4) is 0 Å². The third kappa shape index (κ3) is 3.81. The van der Waals surface area contributed by atoms with Crippen LogP contribution >= 0.6 is 0 Å². The molecule has 110 valence electrons. The Morgan fingerprint density at radius 1 is 1.45 bits per heavy atom. The van der Waals surface area contributed by atoms with Crippen LogP contribution in [0.1, 0.15) is 25.3 Å². The third-order valence-electron chi connectivity index (χ3n) is 4.00. The Bertz CT molecular complexity index is 433. The van der Waals surface area contributed by atoms with Gasteiger partial charge in [0, 0.05) is 25.7 Å². The van der Waals surface area contributed by atoms with Gasteiger partial charge < -0.3 is 10.6 Å². The van der Waals surface area contributed by atoms with Gasteiger partial charge in [0.05, 0.1) is 6.04 Å². The number of hydrogen-bond acceptors (Lipinski definition) is 3. The van der Waals surface area contributed by atoms with Crippen LogP contribution in [0, 0.1) is 0 Å². The van der Waals surface area contributed by atoms with Crippen molar-refractivity contribution >= 4 is 5.91 Å². The number of likely N-dealkylation sites (N-methyl/N-ethyl adjacent to an activating group) is 1. The van der Waals surface area contributed by atoms with E-state index in [0.29, 0.717) is 6.04 Å². The van der Waals surface area contributed by atoms with Crippen LogP contribution in [0.2, 0.25) is 0 Å². The molecule has 4 nitrogen and oxygen atoms in total. The van der Waals surface area contributed by atoms with E-state index in [1.807, 2.05) is 11.0 Å². The lowest BCUT2D eigenvalue weighted by Crippen LogP contribution is -2.52. The number of nitrogens with zero attached hydrogens (tertiary/aromatic N) is 2. The van der Waals surface area contributed by atoms with Gasteiger partial charge in [-0.3, -0.25) is 9.69 Å². The van der Waals surface area contributed by atoms with Crippen molar-refractivity contribution in [3.63, 3.8) is 0 Å². The smallest absolute Gasteiger partial charge is 0.239 e. The number of carbonyl (C=O) groups excluding carboxylic acids is 1. The van der Waals surface area contributed by atoms with E-state index < -0.39 is 6.04 Å². The van der Waals surface area contributed by atoms with Crippen LogP contribution in [0.5, 0.6) is 0 Å². The Morgan fingerprint density at radius 2 is 2.15 bits per heavy atom. The predicted octanol–water partition coefficient (Wildman–Crippen LogP) is 1.46. The lowest BCUT2D eigenvalue weighted by Gasteiger charge is -2.38. The van der Waals surface area contributed by atoms with E-state index in [9.17, 15) is 4.79 Å². The quantitative estimate of drug-likeness (QED) is 0.905. The number of hydrogen-bond donors (Lipinski definition) is 1. The Balaban J connectivity index is 1.93. The summed E-state index contributed by atoms with van der Waals surface area (Å²) >= 11 is 0. The van der Waals surface area contributed by atoms with Gasteiger partial charge in [0.1, 0.15) is 0 Å². The number of amides is 1. The minimum absolute atomic E-state index is 0.0720. The van der Waals surface area contributed by atoms with Crippen molar-refractivity contribution in [3.8, 4) is 0 Å². The van der Waals surface area contributed by atoms with Crippen LogP contribution in [0.25, 0.3) is 0 Å². The summed E-state index contributed by atoms with van der Waals surface area (Å²) in [5.74, 6) is 0.0720. The first-order chi connectivity index (χ1) is 9.58. The number of carbonyl (C=O) groups is 1. The second kappa shape index (κ2) is 6.86. The largest absolute Gasteiger partial charge is 0.340 e. The molecular formula is C16H25N3O. The van der Waals surface area contributed by atoms with E-state index in [1.54, 1.807) is 6.92 Å². The molecule has 1 heterocycles. The maximum atomic E-state index is 12.0. The molecule has 1 aliphatic rings. The van der Waals surface area contributed by atoms with Crippen LogP contribution in [0.4, 0.5) is 0 Å². The minimum Gasteiger partial charge on any atom is -0.340 e. The van der Waals surface area contributed by atoms with Gasteiger partial charge in [-0.05, 0) is 32.4 Å². The summed E-state index contributed by atoms with van der Waals surface area (Å²) in [6.45, 7) is 4.32. The average Bonchev–Trinajstić information content (AvgIpc) is 2.47. The molecular weight excluding hydrogens is 250 g/mol. The fraction of sp³-hybridized carbons (Fsp3) is 0.562. The van der Waals surface area contributed by atoms with Gasteiger partial charge in [-0.2, -0.15) is 0 Å². The fourth-order valence-corrected chi connectivity index (χ4v) is 2.80. The number of nitrogens with two attached hydrogens (primary N) is 1. The molecule has 1 aromatic carbocycles. The maximum Gasteiger partial charge on any atom is 0.239 e. The van der Waals surface area contributed by atoms with E-state index in [2.05, 4.69) is 36.2 Å². The van der Waals surface area contributed by atoms with Gasteiger partial charge in [-0.1, -0.05) is 30.3 Å². The molecule has 4 heteroatoms. The molecule has 0 radical (unpaired) electrons. The minimum atomic E-state index is -0.395. The van der Waals surface area contributed by atoms with Crippen LogP contribution in [-0.4, -0.2) is 47.9 Å². The van der Waals surface area contributed by atoms with Crippen molar-refractivity contribution in [1.82, 2.24) is 9.80 Å². The Labute approximate surface area is 121 Å². The Hall–Kier alpha value is -1.39. The standard InChI is InChI=1S/C16H25N3O/c1-13(17)16(20)19-10-6-9-15(12-19)18(2)11-14-7-4-3-5-8-14/h3-5,7-8,13,15H,6,9-12,17H2,1-2H3/t13-,15-/m0/s1. The molecule has 0 spiro atoms. The molecule has 0 aliphatic carbocycles. The highest BCUT2D eigenvalue weighted by Crippen LogP contribution is 2.17. The first-order valence-electron chi connectivity index (χ1n) is 7.36. The Kier molecular flexibility index (Phi) is 5.15. The maximum absolute atomic E-state index is 12.0. The lowest BCUT2D eigenvalue weighted by atomic mass is 10.0. The molecule has 0 bridgehead atoms. The lowest BCUT2D eigenvalue weighted by molar-refractivity contribution is -0.134. The SMILES string of the molecule is C[C@H](N)C(=O)N1CCC[C@H](N(C)Cc2ccccc2)C1. The highest BCUT2D eigenvalue weighted by atomic mass is 16.2. The summed E-state index contributed by atoms with van der Waals surface area (Å²) in [5, 5.41) is 0. The highest BCUT2D eigenvalue weighted by Gasteiger charge is 2.27. The van der Waals surface area contributed by atoms with Gasteiger partial charge in [-0.25, -0.2) is 0 Å². The topological polar surface area (TPSA) is 49.6 Å². The molecule has 1 amide bonds. The molecule has 0 unspecified atom stereocenters. The summed E-state index contributed by atoms with van der Waals surface area (Å²) in [6.07, 6.45) is 2.20. The van der Waals surface area contributed by atoms with Crippen molar-refractivity contribution in [1.29, 1.82) is 0 Å². The van der Waals surface area contributed by atoms with E-state index >= 15 is 0 Å². The zero-order chi connectivity index (χ0) is 14.5. The van der Waals surface area contributed by atoms with E-state index in [0.717, 1.165) is 32.5 Å². The van der Waals surface area contributed by atoms with E-state index in [4.69, 9.17) is 5.73 Å². The third-order valence-corrected chi connectivity index (χ3v) is 4.00. The second-order valence-electron chi connectivity index (χ2n) is 5.77. The van der Waals surface area contributed by atoms with E-state index in [-0.39, 0.29) is 5.91 Å². The van der Waals surface area contributed by atoms with Crippen molar-refractivity contribution in [2.45, 2.75) is 38.4 Å². The molecule has 1 aliphatic heterocycles. The molecule has 1 saturated heterocycles. The Morgan fingerprint density at radius 3 is 2.80 bits per heavy atom. The average molecular weight is 275 g/mol. The van der Waals surface area contributed by atoms with Crippen molar-refractivity contribution in [3.05, 3.63) is 35.9 Å². The number of piperidine rings is 1. The predicted molar refractivity (Wildman–Crippen MR) is 81.2 cm³/mol. The summed E-state index contributed by atoms with van der Waals surface area (Å²) in [7, 11) is 2.14. The van der Waals surface area contributed by atoms with Gasteiger partial charge >= 0.3 is 0 Å². The molecule has 0 aromatic heterocycles. The summed E-state index contributed by atoms with van der Waals surface area (Å²) in [5.41, 5.74) is 7.02. The molecule has 1 aromatic rings. The van der Waals surface area contributed by atoms with Gasteiger partial charge in [0.15, 0.2) is 0 Å². The fourth-order valence-electron chi connectivity index (χ4n) is 2.80. The molecule has 2 atom stereocenters.